The normalized spacial score (nSPS) is 16.7. The van der Waals surface area contributed by atoms with E-state index in [0.29, 0.717) is 0 Å². The summed E-state index contributed by atoms with van der Waals surface area (Å²) in [5.41, 5.74) is 4.76. The van der Waals surface area contributed by atoms with Crippen molar-refractivity contribution in [1.82, 2.24) is 4.98 Å². The molecule has 2 aromatic rings. The number of carboxylic acid groups (broad SMARTS) is 1. The Kier molecular flexibility index (Phi) is 3.05. The highest BCUT2D eigenvalue weighted by atomic mass is 19.2. The van der Waals surface area contributed by atoms with Crippen LogP contribution < -0.4 is 10.6 Å². The number of aromatic nitrogens is 1. The largest absolute Gasteiger partial charge is 0.505 e. The van der Waals surface area contributed by atoms with E-state index in [1.807, 2.05) is 0 Å². The first kappa shape index (κ1) is 15.4. The number of nitrogens with two attached hydrogens (primary N) is 1. The summed E-state index contributed by atoms with van der Waals surface area (Å²) >= 11 is 0. The van der Waals surface area contributed by atoms with Crippen LogP contribution >= 0.6 is 0 Å². The van der Waals surface area contributed by atoms with Gasteiger partial charge in [0.05, 0.1) is 22.2 Å². The molecule has 4 rings (SSSR count). The fourth-order valence-electron chi connectivity index (χ4n) is 3.25. The molecule has 0 unspecified atom stereocenters. The summed E-state index contributed by atoms with van der Waals surface area (Å²) in [5.74, 6) is -5.51. The molecule has 25 heavy (non-hydrogen) atoms. The Bertz CT molecular complexity index is 991. The van der Waals surface area contributed by atoms with Gasteiger partial charge >= 0.3 is 5.97 Å². The van der Waals surface area contributed by atoms with Crippen molar-refractivity contribution in [3.05, 3.63) is 34.7 Å². The van der Waals surface area contributed by atoms with Crippen LogP contribution in [0.3, 0.4) is 0 Å². The number of carbonyl (C=O) groups is 2. The molecular weight excluding hydrogens is 336 g/mol. The molecule has 1 aliphatic heterocycles. The highest BCUT2D eigenvalue weighted by Crippen LogP contribution is 2.46. The van der Waals surface area contributed by atoms with Crippen LogP contribution in [0.4, 0.5) is 14.5 Å². The number of nitrogens with one attached hydrogen (secondary N) is 1. The second-order valence-corrected chi connectivity index (χ2v) is 6.19. The third kappa shape index (κ3) is 2.08. The highest BCUT2D eigenvalue weighted by Gasteiger charge is 2.38. The zero-order valence-corrected chi connectivity index (χ0v) is 12.8. The second kappa shape index (κ2) is 4.95. The third-order valence-electron chi connectivity index (χ3n) is 4.56. The lowest BCUT2D eigenvalue weighted by Crippen LogP contribution is -2.28. The van der Waals surface area contributed by atoms with Gasteiger partial charge < -0.3 is 25.8 Å². The first-order valence-corrected chi connectivity index (χ1v) is 7.57. The van der Waals surface area contributed by atoms with Crippen molar-refractivity contribution >= 4 is 28.5 Å². The molecular formula is C16H13F2N3O4. The second-order valence-electron chi connectivity index (χ2n) is 6.19. The Balaban J connectivity index is 2.07. The fourth-order valence-corrected chi connectivity index (χ4v) is 3.25. The molecule has 1 amide bonds. The zero-order chi connectivity index (χ0) is 18.0. The summed E-state index contributed by atoms with van der Waals surface area (Å²) in [6.45, 7) is 0. The lowest BCUT2D eigenvalue weighted by Gasteiger charge is -2.29. The van der Waals surface area contributed by atoms with Crippen LogP contribution in [-0.2, 0) is 11.2 Å². The van der Waals surface area contributed by atoms with Crippen molar-refractivity contribution in [3.8, 4) is 5.75 Å². The van der Waals surface area contributed by atoms with Gasteiger partial charge in [-0.1, -0.05) is 0 Å². The SMILES string of the molecule is NC(=O)c1[nH]c2c3c(c(F)c(F)c2c1O)N(C1CC1)C=C(C(=O)O)C3. The molecule has 1 aromatic heterocycles. The number of primary amides is 1. The molecule has 2 aliphatic rings. The zero-order valence-electron chi connectivity index (χ0n) is 12.8. The summed E-state index contributed by atoms with van der Waals surface area (Å²) in [5, 5.41) is 18.9. The maximum atomic E-state index is 14.7. The van der Waals surface area contributed by atoms with Crippen LogP contribution in [0.1, 0.15) is 28.9 Å². The molecule has 5 N–H and O–H groups in total. The van der Waals surface area contributed by atoms with Crippen LogP contribution in [0, 0.1) is 11.6 Å². The van der Waals surface area contributed by atoms with E-state index >= 15 is 0 Å². The van der Waals surface area contributed by atoms with E-state index in [9.17, 15) is 28.6 Å². The summed E-state index contributed by atoms with van der Waals surface area (Å²) in [6, 6.07) is -0.112. The molecule has 2 heterocycles. The summed E-state index contributed by atoms with van der Waals surface area (Å²) in [6.07, 6.45) is 2.59. The maximum absolute atomic E-state index is 14.7. The molecule has 130 valence electrons. The van der Waals surface area contributed by atoms with Crippen LogP contribution in [-0.4, -0.2) is 33.1 Å². The van der Waals surface area contributed by atoms with Crippen molar-refractivity contribution in [2.24, 2.45) is 5.73 Å². The third-order valence-corrected chi connectivity index (χ3v) is 4.56. The minimum Gasteiger partial charge on any atom is -0.505 e. The first-order chi connectivity index (χ1) is 11.8. The fraction of sp³-hybridized carbons (Fsp3) is 0.250. The van der Waals surface area contributed by atoms with E-state index < -0.39 is 40.3 Å². The van der Waals surface area contributed by atoms with Gasteiger partial charge in [-0.2, -0.15) is 0 Å². The first-order valence-electron chi connectivity index (χ1n) is 7.57. The van der Waals surface area contributed by atoms with Gasteiger partial charge in [-0.15, -0.1) is 0 Å². The molecule has 0 saturated heterocycles. The quantitative estimate of drug-likeness (QED) is 0.673. The predicted molar refractivity (Wildman–Crippen MR) is 83.3 cm³/mol. The summed E-state index contributed by atoms with van der Waals surface area (Å²) in [4.78, 5) is 26.8. The van der Waals surface area contributed by atoms with Gasteiger partial charge in [-0.05, 0) is 12.8 Å². The van der Waals surface area contributed by atoms with Crippen molar-refractivity contribution in [2.75, 3.05) is 4.90 Å². The smallest absolute Gasteiger partial charge is 0.333 e. The maximum Gasteiger partial charge on any atom is 0.333 e. The van der Waals surface area contributed by atoms with Crippen LogP contribution in [0.25, 0.3) is 10.9 Å². The van der Waals surface area contributed by atoms with Gasteiger partial charge in [0.25, 0.3) is 5.91 Å². The van der Waals surface area contributed by atoms with E-state index in [-0.39, 0.29) is 34.8 Å². The molecule has 1 saturated carbocycles. The minimum absolute atomic E-state index is 0.00132. The number of hydrogen-bond donors (Lipinski definition) is 4. The number of anilines is 1. The molecule has 0 bridgehead atoms. The Morgan fingerprint density at radius 2 is 1.96 bits per heavy atom. The van der Waals surface area contributed by atoms with E-state index in [1.54, 1.807) is 0 Å². The average molecular weight is 349 g/mol. The minimum atomic E-state index is -1.31. The van der Waals surface area contributed by atoms with E-state index in [0.717, 1.165) is 12.8 Å². The van der Waals surface area contributed by atoms with Gasteiger partial charge in [0.1, 0.15) is 5.69 Å². The topological polar surface area (TPSA) is 120 Å². The molecule has 0 radical (unpaired) electrons. The van der Waals surface area contributed by atoms with Gasteiger partial charge in [0.2, 0.25) is 0 Å². The molecule has 7 nitrogen and oxygen atoms in total. The molecule has 1 aliphatic carbocycles. The molecule has 0 spiro atoms. The molecule has 9 heteroatoms. The van der Waals surface area contributed by atoms with Crippen molar-refractivity contribution in [3.63, 3.8) is 0 Å². The van der Waals surface area contributed by atoms with E-state index in [1.165, 1.54) is 11.1 Å². The van der Waals surface area contributed by atoms with Crippen molar-refractivity contribution in [1.29, 1.82) is 0 Å². The number of hydrogen-bond acceptors (Lipinski definition) is 4. The number of aromatic amines is 1. The standard InChI is InChI=1S/C16H13F2N3O4/c17-9-8-11(20-12(14(8)22)15(19)23)7-3-5(16(24)25)4-21(6-1-2-6)13(7)10(9)18/h4,6,20,22H,1-3H2,(H2,19,23)(H,24,25). The number of aliphatic carboxylic acids is 1. The molecule has 1 fully saturated rings. The van der Waals surface area contributed by atoms with Crippen molar-refractivity contribution in [2.45, 2.75) is 25.3 Å². The summed E-state index contributed by atoms with van der Waals surface area (Å²) < 4.78 is 29.3. The monoisotopic (exact) mass is 349 g/mol. The van der Waals surface area contributed by atoms with Crippen LogP contribution in [0.5, 0.6) is 5.75 Å². The van der Waals surface area contributed by atoms with Gasteiger partial charge in [-0.3, -0.25) is 4.79 Å². The Hall–Kier alpha value is -3.10. The Labute approximate surface area is 139 Å². The number of nitrogens with zero attached hydrogens (tertiary/aromatic N) is 1. The number of fused-ring (bicyclic) bond motifs is 3. The number of carbonyl (C=O) groups excluding carboxylic acids is 1. The van der Waals surface area contributed by atoms with E-state index in [4.69, 9.17) is 5.73 Å². The van der Waals surface area contributed by atoms with Gasteiger partial charge in [0.15, 0.2) is 17.4 Å². The Morgan fingerprint density at radius 1 is 1.28 bits per heavy atom. The average Bonchev–Trinajstić information content (AvgIpc) is 3.34. The lowest BCUT2D eigenvalue weighted by molar-refractivity contribution is -0.132. The number of benzene rings is 1. The summed E-state index contributed by atoms with van der Waals surface area (Å²) in [7, 11) is 0. The Morgan fingerprint density at radius 3 is 2.52 bits per heavy atom. The number of H-pyrrole nitrogens is 1. The van der Waals surface area contributed by atoms with Gasteiger partial charge in [0, 0.05) is 24.2 Å². The number of halogens is 2. The predicted octanol–water partition coefficient (Wildman–Crippen LogP) is 1.74. The number of rotatable bonds is 3. The van der Waals surface area contributed by atoms with Crippen molar-refractivity contribution < 1.29 is 28.6 Å². The molecule has 0 atom stereocenters. The number of carboxylic acids is 1. The van der Waals surface area contributed by atoms with Gasteiger partial charge in [-0.25, -0.2) is 13.6 Å². The van der Waals surface area contributed by atoms with Crippen LogP contribution in [0.2, 0.25) is 0 Å². The number of amides is 1. The molecule has 1 aromatic carbocycles. The number of aromatic hydroxyl groups is 1. The van der Waals surface area contributed by atoms with E-state index in [2.05, 4.69) is 4.98 Å². The van der Waals surface area contributed by atoms with Crippen LogP contribution in [0.15, 0.2) is 11.8 Å². The lowest BCUT2D eigenvalue weighted by atomic mass is 9.96. The highest BCUT2D eigenvalue weighted by molar-refractivity contribution is 6.05.